The largest absolute Gasteiger partial charge is 0.310 e. The summed E-state index contributed by atoms with van der Waals surface area (Å²) >= 11 is 1.87. The molecule has 11 rings (SSSR count). The second-order valence-electron chi connectivity index (χ2n) is 17.1. The predicted octanol–water partition coefficient (Wildman–Crippen LogP) is 15.9. The highest BCUT2D eigenvalue weighted by molar-refractivity contribution is 7.25. The number of fused-ring (bicyclic) bond motifs is 8. The molecular formula is C55H44N2S. The Kier molecular flexibility index (Phi) is 7.68. The summed E-state index contributed by atoms with van der Waals surface area (Å²) in [6, 6.07) is 65.7. The molecule has 8 aromatic carbocycles. The molecule has 1 aliphatic carbocycles. The second-order valence-corrected chi connectivity index (χ2v) is 18.2. The quantitative estimate of drug-likeness (QED) is 0.172. The Balaban J connectivity index is 1.11. The molecule has 0 saturated carbocycles. The summed E-state index contributed by atoms with van der Waals surface area (Å²) in [5.74, 6) is 0. The predicted molar refractivity (Wildman–Crippen MR) is 249 cm³/mol. The molecule has 0 bridgehead atoms. The van der Waals surface area contributed by atoms with Crippen molar-refractivity contribution in [2.75, 3.05) is 9.80 Å². The van der Waals surface area contributed by atoms with Gasteiger partial charge in [0.1, 0.15) is 0 Å². The van der Waals surface area contributed by atoms with E-state index in [1.807, 2.05) is 11.3 Å². The highest BCUT2D eigenvalue weighted by Gasteiger charge is 2.39. The van der Waals surface area contributed by atoms with Gasteiger partial charge in [0.2, 0.25) is 0 Å². The maximum absolute atomic E-state index is 2.49. The third kappa shape index (κ3) is 5.23. The van der Waals surface area contributed by atoms with Crippen molar-refractivity contribution in [3.8, 4) is 22.3 Å². The molecule has 3 heteroatoms. The molecule has 2 aliphatic rings. The number of anilines is 6. The molecule has 1 aliphatic heterocycles. The van der Waals surface area contributed by atoms with Crippen LogP contribution < -0.4 is 9.80 Å². The van der Waals surface area contributed by atoms with Crippen LogP contribution in [0.15, 0.2) is 176 Å². The van der Waals surface area contributed by atoms with Crippen molar-refractivity contribution < 1.29 is 0 Å². The summed E-state index contributed by atoms with van der Waals surface area (Å²) in [5, 5.41) is 2.60. The molecule has 0 N–H and O–H groups in total. The molecular weight excluding hydrogens is 721 g/mol. The lowest BCUT2D eigenvalue weighted by atomic mass is 9.73. The van der Waals surface area contributed by atoms with Crippen molar-refractivity contribution in [2.24, 2.45) is 0 Å². The number of benzene rings is 8. The lowest BCUT2D eigenvalue weighted by Crippen LogP contribution is -2.31. The van der Waals surface area contributed by atoms with Crippen LogP contribution in [0, 0.1) is 6.92 Å². The second kappa shape index (κ2) is 12.8. The van der Waals surface area contributed by atoms with E-state index in [4.69, 9.17) is 0 Å². The highest BCUT2D eigenvalue weighted by atomic mass is 32.1. The van der Waals surface area contributed by atoms with Gasteiger partial charge in [-0.2, -0.15) is 0 Å². The lowest BCUT2D eigenvalue weighted by Gasteiger charge is -2.43. The zero-order chi connectivity index (χ0) is 39.3. The van der Waals surface area contributed by atoms with Crippen molar-refractivity contribution in [3.05, 3.63) is 204 Å². The third-order valence-corrected chi connectivity index (χ3v) is 14.0. The van der Waals surface area contributed by atoms with Crippen molar-refractivity contribution in [2.45, 2.75) is 45.4 Å². The molecule has 0 saturated heterocycles. The molecule has 58 heavy (non-hydrogen) atoms. The molecule has 0 radical (unpaired) electrons. The summed E-state index contributed by atoms with van der Waals surface area (Å²) < 4.78 is 2.63. The minimum atomic E-state index is -0.256. The topological polar surface area (TPSA) is 6.48 Å². The Labute approximate surface area is 345 Å². The molecule has 0 unspecified atom stereocenters. The van der Waals surface area contributed by atoms with Crippen LogP contribution in [0.2, 0.25) is 0 Å². The molecule has 0 spiro atoms. The molecule has 0 fully saturated rings. The zero-order valence-corrected chi connectivity index (χ0v) is 34.4. The van der Waals surface area contributed by atoms with Crippen LogP contribution in [0.25, 0.3) is 42.4 Å². The normalized spacial score (nSPS) is 14.5. The number of hydrogen-bond donors (Lipinski definition) is 0. The monoisotopic (exact) mass is 764 g/mol. The molecule has 9 aromatic rings. The average Bonchev–Trinajstić information content (AvgIpc) is 3.73. The van der Waals surface area contributed by atoms with Crippen LogP contribution in [-0.2, 0) is 10.8 Å². The fourth-order valence-electron chi connectivity index (χ4n) is 9.82. The Morgan fingerprint density at radius 2 is 1.00 bits per heavy atom. The van der Waals surface area contributed by atoms with E-state index in [1.165, 1.54) is 81.6 Å². The van der Waals surface area contributed by atoms with Crippen LogP contribution in [0.4, 0.5) is 34.1 Å². The van der Waals surface area contributed by atoms with E-state index in [0.29, 0.717) is 0 Å². The minimum Gasteiger partial charge on any atom is -0.310 e. The van der Waals surface area contributed by atoms with E-state index in [1.54, 1.807) is 0 Å². The zero-order valence-electron chi connectivity index (χ0n) is 33.5. The van der Waals surface area contributed by atoms with Gasteiger partial charge in [0.15, 0.2) is 0 Å². The molecule has 280 valence electrons. The van der Waals surface area contributed by atoms with Crippen LogP contribution in [0.3, 0.4) is 0 Å². The number of aryl methyl sites for hydroxylation is 1. The lowest BCUT2D eigenvalue weighted by molar-refractivity contribution is 0.631. The van der Waals surface area contributed by atoms with E-state index >= 15 is 0 Å². The molecule has 0 amide bonds. The van der Waals surface area contributed by atoms with Crippen LogP contribution in [0.5, 0.6) is 0 Å². The Bertz CT molecular complexity index is 3080. The van der Waals surface area contributed by atoms with E-state index in [2.05, 4.69) is 220 Å². The summed E-state index contributed by atoms with van der Waals surface area (Å²) in [6.45, 7) is 11.7. The first-order valence-corrected chi connectivity index (χ1v) is 21.2. The number of thiophene rings is 1. The number of hydrogen-bond acceptors (Lipinski definition) is 3. The number of rotatable bonds is 5. The van der Waals surface area contributed by atoms with Gasteiger partial charge >= 0.3 is 0 Å². The summed E-state index contributed by atoms with van der Waals surface area (Å²) in [6.07, 6.45) is 0. The Hall–Kier alpha value is -6.42. The first-order valence-electron chi connectivity index (χ1n) is 20.3. The van der Waals surface area contributed by atoms with Gasteiger partial charge in [-0.1, -0.05) is 136 Å². The van der Waals surface area contributed by atoms with Gasteiger partial charge in [-0.05, 0) is 124 Å². The first kappa shape index (κ1) is 34.8. The average molecular weight is 765 g/mol. The van der Waals surface area contributed by atoms with E-state index in [0.717, 1.165) is 22.7 Å². The van der Waals surface area contributed by atoms with E-state index in [9.17, 15) is 0 Å². The van der Waals surface area contributed by atoms with E-state index < -0.39 is 0 Å². The van der Waals surface area contributed by atoms with Gasteiger partial charge in [-0.25, -0.2) is 0 Å². The van der Waals surface area contributed by atoms with Crippen molar-refractivity contribution in [1.29, 1.82) is 0 Å². The number of nitrogens with zero attached hydrogens (tertiary/aromatic N) is 2. The summed E-state index contributed by atoms with van der Waals surface area (Å²) in [7, 11) is 0. The van der Waals surface area contributed by atoms with Gasteiger partial charge in [0, 0.05) is 53.8 Å². The Morgan fingerprint density at radius 1 is 0.431 bits per heavy atom. The van der Waals surface area contributed by atoms with Crippen molar-refractivity contribution in [1.82, 2.24) is 0 Å². The first-order chi connectivity index (χ1) is 28.2. The summed E-state index contributed by atoms with van der Waals surface area (Å²) in [5.41, 5.74) is 18.5. The van der Waals surface area contributed by atoms with Gasteiger partial charge in [-0.3, -0.25) is 0 Å². The standard InChI is InChI=1S/C55H44N2S/c1-35-19-28-50-48(31-35)55(4,5)49-34-41(25-29-51(49)57(50)38-22-20-37(21-23-38)36-13-7-6-8-14-36)56(39-26-30-53-45(32-39)44-16-10-12-18-52(44)58-53)40-24-27-43-42-15-9-11-17-46(42)54(2,3)47(43)33-40/h6-34H,1-5H3. The molecule has 2 nitrogen and oxygen atoms in total. The highest BCUT2D eigenvalue weighted by Crippen LogP contribution is 2.55. The SMILES string of the molecule is Cc1ccc2c(c1)C(C)(C)c1cc(N(c3ccc4c(c3)C(C)(C)c3ccccc3-4)c3ccc4sc5ccccc5c4c3)ccc1N2c1ccc(-c2ccccc2)cc1. The van der Waals surface area contributed by atoms with Gasteiger partial charge < -0.3 is 9.80 Å². The Morgan fingerprint density at radius 3 is 1.81 bits per heavy atom. The van der Waals surface area contributed by atoms with Crippen molar-refractivity contribution in [3.63, 3.8) is 0 Å². The summed E-state index contributed by atoms with van der Waals surface area (Å²) in [4.78, 5) is 4.96. The molecule has 2 heterocycles. The van der Waals surface area contributed by atoms with Crippen LogP contribution >= 0.6 is 11.3 Å². The van der Waals surface area contributed by atoms with Crippen LogP contribution in [0.1, 0.15) is 55.5 Å². The fraction of sp³-hybridized carbons (Fsp3) is 0.127. The minimum absolute atomic E-state index is 0.114. The van der Waals surface area contributed by atoms with Gasteiger partial charge in [-0.15, -0.1) is 11.3 Å². The molecule has 0 atom stereocenters. The van der Waals surface area contributed by atoms with Crippen molar-refractivity contribution >= 4 is 65.6 Å². The van der Waals surface area contributed by atoms with Gasteiger partial charge in [0.25, 0.3) is 0 Å². The fourth-order valence-corrected chi connectivity index (χ4v) is 10.9. The third-order valence-electron chi connectivity index (χ3n) is 12.9. The maximum Gasteiger partial charge on any atom is 0.0504 e. The maximum atomic E-state index is 2.49. The van der Waals surface area contributed by atoms with Crippen LogP contribution in [-0.4, -0.2) is 0 Å². The molecule has 1 aromatic heterocycles. The van der Waals surface area contributed by atoms with Gasteiger partial charge in [0.05, 0.1) is 11.4 Å². The van der Waals surface area contributed by atoms with E-state index in [-0.39, 0.29) is 10.8 Å². The smallest absolute Gasteiger partial charge is 0.0504 e.